The molecule has 1 aliphatic rings. The Labute approximate surface area is 117 Å². The Morgan fingerprint density at radius 3 is 2.74 bits per heavy atom. The number of rotatable bonds is 11. The first-order chi connectivity index (χ1) is 9.26. The number of aliphatic hydroxyl groups excluding tert-OH is 1. The van der Waals surface area contributed by atoms with Gasteiger partial charge in [-0.05, 0) is 38.6 Å². The average molecular weight is 273 g/mol. The SMILES string of the molecule is CCCCOCCOC1CCC(CO)(NCCC)C1. The lowest BCUT2D eigenvalue weighted by molar-refractivity contribution is 0.00218. The van der Waals surface area contributed by atoms with Crippen LogP contribution in [0.4, 0.5) is 0 Å². The van der Waals surface area contributed by atoms with E-state index in [1.165, 1.54) is 6.42 Å². The minimum atomic E-state index is -0.107. The lowest BCUT2D eigenvalue weighted by Gasteiger charge is -2.28. The molecule has 19 heavy (non-hydrogen) atoms. The molecule has 0 heterocycles. The largest absolute Gasteiger partial charge is 0.394 e. The van der Waals surface area contributed by atoms with Gasteiger partial charge in [-0.15, -0.1) is 0 Å². The summed E-state index contributed by atoms with van der Waals surface area (Å²) in [6.07, 6.45) is 6.61. The summed E-state index contributed by atoms with van der Waals surface area (Å²) in [7, 11) is 0. The number of nitrogens with one attached hydrogen (secondary N) is 1. The average Bonchev–Trinajstić information content (AvgIpc) is 2.85. The van der Waals surface area contributed by atoms with E-state index >= 15 is 0 Å². The van der Waals surface area contributed by atoms with Gasteiger partial charge in [-0.3, -0.25) is 0 Å². The molecule has 1 aliphatic carbocycles. The van der Waals surface area contributed by atoms with Gasteiger partial charge in [0.15, 0.2) is 0 Å². The number of hydrogen-bond donors (Lipinski definition) is 2. The zero-order valence-electron chi connectivity index (χ0n) is 12.6. The molecule has 1 fully saturated rings. The lowest BCUT2D eigenvalue weighted by atomic mass is 9.98. The van der Waals surface area contributed by atoms with Crippen LogP contribution in [0, 0.1) is 0 Å². The molecular weight excluding hydrogens is 242 g/mol. The van der Waals surface area contributed by atoms with Crippen LogP contribution in [0.15, 0.2) is 0 Å². The van der Waals surface area contributed by atoms with E-state index in [0.29, 0.717) is 13.2 Å². The van der Waals surface area contributed by atoms with Gasteiger partial charge >= 0.3 is 0 Å². The summed E-state index contributed by atoms with van der Waals surface area (Å²) in [4.78, 5) is 0. The van der Waals surface area contributed by atoms with Crippen molar-refractivity contribution in [2.45, 2.75) is 64.0 Å². The summed E-state index contributed by atoms with van der Waals surface area (Å²) < 4.78 is 11.3. The molecule has 0 spiro atoms. The van der Waals surface area contributed by atoms with Crippen molar-refractivity contribution >= 4 is 0 Å². The molecule has 114 valence electrons. The predicted molar refractivity (Wildman–Crippen MR) is 77.4 cm³/mol. The maximum atomic E-state index is 9.59. The van der Waals surface area contributed by atoms with Gasteiger partial charge in [-0.1, -0.05) is 20.3 Å². The van der Waals surface area contributed by atoms with E-state index in [0.717, 1.165) is 45.3 Å². The lowest BCUT2D eigenvalue weighted by Crippen LogP contribution is -2.47. The molecular formula is C15H31NO3. The Balaban J connectivity index is 2.12. The van der Waals surface area contributed by atoms with E-state index in [1.807, 2.05) is 0 Å². The first kappa shape index (κ1) is 16.9. The second kappa shape index (κ2) is 9.70. The van der Waals surface area contributed by atoms with E-state index in [9.17, 15) is 5.11 Å². The van der Waals surface area contributed by atoms with Gasteiger partial charge in [0.25, 0.3) is 0 Å². The Bertz CT molecular complexity index is 225. The van der Waals surface area contributed by atoms with Gasteiger partial charge in [-0.25, -0.2) is 0 Å². The Hall–Kier alpha value is -0.160. The topological polar surface area (TPSA) is 50.7 Å². The minimum absolute atomic E-state index is 0.107. The smallest absolute Gasteiger partial charge is 0.0704 e. The summed E-state index contributed by atoms with van der Waals surface area (Å²) in [5, 5.41) is 13.1. The van der Waals surface area contributed by atoms with E-state index < -0.39 is 0 Å². The van der Waals surface area contributed by atoms with Crippen LogP contribution >= 0.6 is 0 Å². The van der Waals surface area contributed by atoms with Crippen molar-refractivity contribution in [3.8, 4) is 0 Å². The second-order valence-electron chi connectivity index (χ2n) is 5.57. The van der Waals surface area contributed by atoms with Crippen molar-refractivity contribution in [3.63, 3.8) is 0 Å². The fraction of sp³-hybridized carbons (Fsp3) is 1.00. The van der Waals surface area contributed by atoms with Crippen molar-refractivity contribution in [1.82, 2.24) is 5.32 Å². The second-order valence-corrected chi connectivity index (χ2v) is 5.57. The molecule has 0 saturated heterocycles. The predicted octanol–water partition coefficient (Wildman–Crippen LogP) is 2.10. The third kappa shape index (κ3) is 6.21. The first-order valence-corrected chi connectivity index (χ1v) is 7.81. The van der Waals surface area contributed by atoms with Gasteiger partial charge in [0.1, 0.15) is 0 Å². The van der Waals surface area contributed by atoms with Gasteiger partial charge in [0.05, 0.1) is 25.9 Å². The van der Waals surface area contributed by atoms with Crippen molar-refractivity contribution < 1.29 is 14.6 Å². The maximum Gasteiger partial charge on any atom is 0.0704 e. The quantitative estimate of drug-likeness (QED) is 0.566. The molecule has 4 nitrogen and oxygen atoms in total. The summed E-state index contributed by atoms with van der Waals surface area (Å²) >= 11 is 0. The summed E-state index contributed by atoms with van der Waals surface area (Å²) in [6, 6.07) is 0. The molecule has 0 radical (unpaired) electrons. The van der Waals surface area contributed by atoms with E-state index in [-0.39, 0.29) is 18.2 Å². The third-order valence-electron chi connectivity index (χ3n) is 3.84. The molecule has 2 atom stereocenters. The molecule has 0 aromatic rings. The monoisotopic (exact) mass is 273 g/mol. The zero-order valence-corrected chi connectivity index (χ0v) is 12.6. The van der Waals surface area contributed by atoms with Crippen molar-refractivity contribution in [1.29, 1.82) is 0 Å². The van der Waals surface area contributed by atoms with Gasteiger partial charge in [0.2, 0.25) is 0 Å². The normalized spacial score (nSPS) is 27.0. The van der Waals surface area contributed by atoms with Crippen LogP contribution in [0.3, 0.4) is 0 Å². The van der Waals surface area contributed by atoms with Crippen LogP contribution < -0.4 is 5.32 Å². The number of hydrogen-bond acceptors (Lipinski definition) is 4. The van der Waals surface area contributed by atoms with Crippen LogP contribution in [-0.4, -0.2) is 49.7 Å². The van der Waals surface area contributed by atoms with Gasteiger partial charge in [0, 0.05) is 12.1 Å². The molecule has 4 heteroatoms. The standard InChI is InChI=1S/C15H31NO3/c1-3-5-9-18-10-11-19-14-6-7-15(12-14,13-17)16-8-4-2/h14,16-17H,3-13H2,1-2H3. The minimum Gasteiger partial charge on any atom is -0.394 e. The highest BCUT2D eigenvalue weighted by atomic mass is 16.5. The van der Waals surface area contributed by atoms with Crippen LogP contribution in [0.5, 0.6) is 0 Å². The highest BCUT2D eigenvalue weighted by Crippen LogP contribution is 2.31. The van der Waals surface area contributed by atoms with Crippen LogP contribution in [0.1, 0.15) is 52.4 Å². The van der Waals surface area contributed by atoms with Crippen LogP contribution in [-0.2, 0) is 9.47 Å². The molecule has 0 bridgehead atoms. The zero-order chi connectivity index (χ0) is 14.0. The maximum absolute atomic E-state index is 9.59. The summed E-state index contributed by atoms with van der Waals surface area (Å²) in [5.74, 6) is 0. The van der Waals surface area contributed by atoms with Gasteiger partial charge < -0.3 is 19.9 Å². The van der Waals surface area contributed by atoms with E-state index in [2.05, 4.69) is 19.2 Å². The van der Waals surface area contributed by atoms with Crippen molar-refractivity contribution in [2.75, 3.05) is 33.0 Å². The Kier molecular flexibility index (Phi) is 8.62. The molecule has 2 unspecified atom stereocenters. The molecule has 0 aliphatic heterocycles. The highest BCUT2D eigenvalue weighted by molar-refractivity contribution is 4.96. The van der Waals surface area contributed by atoms with Crippen molar-refractivity contribution in [3.05, 3.63) is 0 Å². The molecule has 0 aromatic heterocycles. The fourth-order valence-electron chi connectivity index (χ4n) is 2.59. The van der Waals surface area contributed by atoms with Gasteiger partial charge in [-0.2, -0.15) is 0 Å². The molecule has 0 aromatic carbocycles. The number of unbranched alkanes of at least 4 members (excludes halogenated alkanes) is 1. The van der Waals surface area contributed by atoms with Crippen LogP contribution in [0.25, 0.3) is 0 Å². The fourth-order valence-corrected chi connectivity index (χ4v) is 2.59. The summed E-state index contributed by atoms with van der Waals surface area (Å²) in [6.45, 7) is 7.68. The Morgan fingerprint density at radius 1 is 1.21 bits per heavy atom. The van der Waals surface area contributed by atoms with Crippen LogP contribution in [0.2, 0.25) is 0 Å². The first-order valence-electron chi connectivity index (χ1n) is 7.81. The van der Waals surface area contributed by atoms with E-state index in [1.54, 1.807) is 0 Å². The highest BCUT2D eigenvalue weighted by Gasteiger charge is 2.38. The molecule has 1 rings (SSSR count). The molecule has 2 N–H and O–H groups in total. The third-order valence-corrected chi connectivity index (χ3v) is 3.84. The number of ether oxygens (including phenoxy) is 2. The molecule has 0 amide bonds. The Morgan fingerprint density at radius 2 is 2.05 bits per heavy atom. The van der Waals surface area contributed by atoms with E-state index in [4.69, 9.17) is 9.47 Å². The molecule has 1 saturated carbocycles. The number of aliphatic hydroxyl groups is 1. The summed E-state index contributed by atoms with van der Waals surface area (Å²) in [5.41, 5.74) is -0.107. The van der Waals surface area contributed by atoms with Crippen molar-refractivity contribution in [2.24, 2.45) is 0 Å².